The number of halogens is 3. The first kappa shape index (κ1) is 12.3. The number of nitrogens with zero attached hydrogens (tertiary/aromatic N) is 2. The molecule has 0 fully saturated rings. The Labute approximate surface area is 90.6 Å². The van der Waals surface area contributed by atoms with Crippen LogP contribution in [-0.2, 0) is 17.6 Å². The molecule has 1 heterocycles. The zero-order valence-corrected chi connectivity index (χ0v) is 8.71. The molecule has 7 heteroatoms. The Morgan fingerprint density at radius 2 is 1.93 bits per heavy atom. The second-order valence-electron chi connectivity index (χ2n) is 2.74. The van der Waals surface area contributed by atoms with Crippen molar-refractivity contribution in [2.75, 3.05) is 19.1 Å². The van der Waals surface area contributed by atoms with Gasteiger partial charge in [0.15, 0.2) is 0 Å². The standard InChI is InChI=1S/C8H11ClF2N2O2/c9-3-1-7-12-13-8(15-7)2-4-14-5-6(10)11/h6H,1-5H2. The summed E-state index contributed by atoms with van der Waals surface area (Å²) in [5, 5.41) is 7.42. The van der Waals surface area contributed by atoms with Crippen LogP contribution >= 0.6 is 11.6 Å². The lowest BCUT2D eigenvalue weighted by atomic mass is 10.4. The average Bonchev–Trinajstić information content (AvgIpc) is 2.61. The number of hydrogen-bond acceptors (Lipinski definition) is 4. The van der Waals surface area contributed by atoms with E-state index in [1.54, 1.807) is 0 Å². The monoisotopic (exact) mass is 240 g/mol. The predicted molar refractivity (Wildman–Crippen MR) is 49.2 cm³/mol. The minimum absolute atomic E-state index is 0.146. The van der Waals surface area contributed by atoms with E-state index < -0.39 is 13.0 Å². The maximum Gasteiger partial charge on any atom is 0.261 e. The largest absolute Gasteiger partial charge is 0.425 e. The number of ether oxygens (including phenoxy) is 1. The van der Waals surface area contributed by atoms with Gasteiger partial charge < -0.3 is 9.15 Å². The topological polar surface area (TPSA) is 48.2 Å². The fraction of sp³-hybridized carbons (Fsp3) is 0.750. The second kappa shape index (κ2) is 6.68. The molecule has 0 aliphatic rings. The minimum Gasteiger partial charge on any atom is -0.425 e. The molecule has 0 atom stereocenters. The Hall–Kier alpha value is -0.750. The molecule has 0 unspecified atom stereocenters. The van der Waals surface area contributed by atoms with E-state index in [-0.39, 0.29) is 6.61 Å². The van der Waals surface area contributed by atoms with E-state index in [1.807, 2.05) is 0 Å². The van der Waals surface area contributed by atoms with Crippen LogP contribution in [0.15, 0.2) is 4.42 Å². The third-order valence-corrected chi connectivity index (χ3v) is 1.71. The smallest absolute Gasteiger partial charge is 0.261 e. The first-order valence-electron chi connectivity index (χ1n) is 4.45. The van der Waals surface area contributed by atoms with Gasteiger partial charge in [0, 0.05) is 18.7 Å². The van der Waals surface area contributed by atoms with Crippen molar-refractivity contribution in [3.63, 3.8) is 0 Å². The zero-order valence-electron chi connectivity index (χ0n) is 7.96. The molecule has 0 N–H and O–H groups in total. The van der Waals surface area contributed by atoms with Gasteiger partial charge in [-0.25, -0.2) is 8.78 Å². The van der Waals surface area contributed by atoms with E-state index in [0.717, 1.165) is 0 Å². The average molecular weight is 241 g/mol. The molecule has 0 saturated carbocycles. The van der Waals surface area contributed by atoms with Crippen LogP contribution in [0.2, 0.25) is 0 Å². The van der Waals surface area contributed by atoms with E-state index in [1.165, 1.54) is 0 Å². The summed E-state index contributed by atoms with van der Waals surface area (Å²) in [4.78, 5) is 0. The van der Waals surface area contributed by atoms with Gasteiger partial charge in [-0.2, -0.15) is 0 Å². The van der Waals surface area contributed by atoms with Gasteiger partial charge in [0.25, 0.3) is 6.43 Å². The van der Waals surface area contributed by atoms with Crippen molar-refractivity contribution in [3.05, 3.63) is 11.8 Å². The van der Waals surface area contributed by atoms with Crippen molar-refractivity contribution in [3.8, 4) is 0 Å². The highest BCUT2D eigenvalue weighted by Crippen LogP contribution is 2.03. The van der Waals surface area contributed by atoms with Crippen molar-refractivity contribution in [2.45, 2.75) is 19.3 Å². The molecule has 0 bridgehead atoms. The van der Waals surface area contributed by atoms with Crippen LogP contribution in [0.1, 0.15) is 11.8 Å². The van der Waals surface area contributed by atoms with Gasteiger partial charge in [0.1, 0.15) is 6.61 Å². The van der Waals surface area contributed by atoms with E-state index in [0.29, 0.717) is 30.5 Å². The Kier molecular flexibility index (Phi) is 5.49. The number of aromatic nitrogens is 2. The van der Waals surface area contributed by atoms with Gasteiger partial charge in [-0.15, -0.1) is 21.8 Å². The highest BCUT2D eigenvalue weighted by molar-refractivity contribution is 6.17. The molecule has 1 rings (SSSR count). The molecule has 0 aromatic carbocycles. The molecular formula is C8H11ClF2N2O2. The summed E-state index contributed by atoms with van der Waals surface area (Å²) in [6.45, 7) is -0.421. The summed E-state index contributed by atoms with van der Waals surface area (Å²) in [5.74, 6) is 1.24. The van der Waals surface area contributed by atoms with Gasteiger partial charge in [-0.05, 0) is 0 Å². The highest BCUT2D eigenvalue weighted by atomic mass is 35.5. The molecule has 0 saturated heterocycles. The first-order valence-corrected chi connectivity index (χ1v) is 4.99. The Morgan fingerprint density at radius 1 is 1.27 bits per heavy atom. The van der Waals surface area contributed by atoms with Crippen molar-refractivity contribution in [1.82, 2.24) is 10.2 Å². The molecular weight excluding hydrogens is 230 g/mol. The maximum atomic E-state index is 11.7. The Morgan fingerprint density at radius 3 is 2.53 bits per heavy atom. The Balaban J connectivity index is 2.19. The van der Waals surface area contributed by atoms with Gasteiger partial charge in [0.05, 0.1) is 6.61 Å². The number of alkyl halides is 3. The fourth-order valence-corrected chi connectivity index (χ4v) is 1.06. The fourth-order valence-electron chi connectivity index (χ4n) is 0.903. The third kappa shape index (κ3) is 5.03. The van der Waals surface area contributed by atoms with E-state index >= 15 is 0 Å². The maximum absolute atomic E-state index is 11.7. The normalized spacial score (nSPS) is 11.2. The quantitative estimate of drug-likeness (QED) is 0.537. The molecule has 15 heavy (non-hydrogen) atoms. The number of hydrogen-bond donors (Lipinski definition) is 0. The molecule has 86 valence electrons. The Bertz CT molecular complexity index is 283. The summed E-state index contributed by atoms with van der Waals surface area (Å²) in [5.41, 5.74) is 0. The predicted octanol–water partition coefficient (Wildman–Crippen LogP) is 1.68. The van der Waals surface area contributed by atoms with E-state index in [4.69, 9.17) is 16.0 Å². The summed E-state index contributed by atoms with van der Waals surface area (Å²) >= 11 is 5.47. The lowest BCUT2D eigenvalue weighted by Gasteiger charge is -1.99. The summed E-state index contributed by atoms with van der Waals surface area (Å²) < 4.78 is 33.2. The van der Waals surface area contributed by atoms with Gasteiger partial charge in [-0.3, -0.25) is 0 Å². The van der Waals surface area contributed by atoms with Crippen LogP contribution in [0, 0.1) is 0 Å². The molecule has 0 radical (unpaired) electrons. The van der Waals surface area contributed by atoms with Crippen LogP contribution in [0.5, 0.6) is 0 Å². The van der Waals surface area contributed by atoms with E-state index in [9.17, 15) is 8.78 Å². The number of aryl methyl sites for hydroxylation is 1. The van der Waals surface area contributed by atoms with Gasteiger partial charge >= 0.3 is 0 Å². The third-order valence-electron chi connectivity index (χ3n) is 1.52. The van der Waals surface area contributed by atoms with Gasteiger partial charge in [-0.1, -0.05) is 0 Å². The first-order chi connectivity index (χ1) is 7.22. The minimum atomic E-state index is -2.44. The molecule has 1 aromatic rings. The highest BCUT2D eigenvalue weighted by Gasteiger charge is 2.06. The van der Waals surface area contributed by atoms with Crippen molar-refractivity contribution < 1.29 is 17.9 Å². The van der Waals surface area contributed by atoms with Crippen molar-refractivity contribution in [2.24, 2.45) is 0 Å². The molecule has 0 aliphatic heterocycles. The molecule has 4 nitrogen and oxygen atoms in total. The van der Waals surface area contributed by atoms with Crippen LogP contribution in [0.25, 0.3) is 0 Å². The number of rotatable bonds is 7. The lowest BCUT2D eigenvalue weighted by molar-refractivity contribution is 0.0173. The van der Waals surface area contributed by atoms with Crippen LogP contribution in [0.4, 0.5) is 8.78 Å². The van der Waals surface area contributed by atoms with Crippen LogP contribution < -0.4 is 0 Å². The molecule has 0 amide bonds. The van der Waals surface area contributed by atoms with Crippen molar-refractivity contribution >= 4 is 11.6 Å². The zero-order chi connectivity index (χ0) is 11.1. The summed E-state index contributed by atoms with van der Waals surface area (Å²) in [6.07, 6.45) is -1.60. The van der Waals surface area contributed by atoms with Gasteiger partial charge in [0.2, 0.25) is 11.8 Å². The lowest BCUT2D eigenvalue weighted by Crippen LogP contribution is -2.07. The van der Waals surface area contributed by atoms with Crippen LogP contribution in [0.3, 0.4) is 0 Å². The second-order valence-corrected chi connectivity index (χ2v) is 3.12. The summed E-state index contributed by atoms with van der Waals surface area (Å²) in [7, 11) is 0. The van der Waals surface area contributed by atoms with Crippen LogP contribution in [-0.4, -0.2) is 35.7 Å². The molecule has 0 spiro atoms. The molecule has 1 aromatic heterocycles. The SMILES string of the molecule is FC(F)COCCc1nnc(CCCl)o1. The molecule has 0 aliphatic carbocycles. The van der Waals surface area contributed by atoms with E-state index in [2.05, 4.69) is 14.9 Å². The van der Waals surface area contributed by atoms with Crippen molar-refractivity contribution in [1.29, 1.82) is 0 Å². The summed E-state index contributed by atoms with van der Waals surface area (Å²) in [6, 6.07) is 0.